The highest BCUT2D eigenvalue weighted by Crippen LogP contribution is 2.32. The van der Waals surface area contributed by atoms with Crippen LogP contribution >= 0.6 is 11.3 Å². The maximum absolute atomic E-state index is 13.3. The average Bonchev–Trinajstić information content (AvgIpc) is 2.96. The van der Waals surface area contributed by atoms with Gasteiger partial charge in [0, 0.05) is 28.7 Å². The van der Waals surface area contributed by atoms with Crippen LogP contribution in [0.4, 0.5) is 5.82 Å². The summed E-state index contributed by atoms with van der Waals surface area (Å²) in [7, 11) is 0. The molecule has 1 aromatic carbocycles. The Bertz CT molecular complexity index is 1250. The monoisotopic (exact) mass is 378 g/mol. The van der Waals surface area contributed by atoms with Gasteiger partial charge in [-0.15, -0.1) is 16.4 Å². The van der Waals surface area contributed by atoms with Gasteiger partial charge in [-0.05, 0) is 38.2 Å². The number of nitrogens with zero attached hydrogens (tertiary/aromatic N) is 4. The number of hydrogen-bond donors (Lipinski definition) is 0. The van der Waals surface area contributed by atoms with Crippen LogP contribution in [0.5, 0.6) is 0 Å². The molecule has 0 unspecified atom stereocenters. The number of benzene rings is 1. The third-order valence-corrected chi connectivity index (χ3v) is 6.97. The number of anilines is 1. The van der Waals surface area contributed by atoms with E-state index in [1.807, 2.05) is 32.0 Å². The van der Waals surface area contributed by atoms with Crippen molar-refractivity contribution in [3.8, 4) is 0 Å². The molecule has 0 atom stereocenters. The van der Waals surface area contributed by atoms with E-state index in [9.17, 15) is 4.79 Å². The Morgan fingerprint density at radius 1 is 1.11 bits per heavy atom. The molecule has 0 bridgehead atoms. The number of aryl methyl sites for hydroxylation is 2. The van der Waals surface area contributed by atoms with Crippen molar-refractivity contribution in [2.24, 2.45) is 5.92 Å². The minimum atomic E-state index is -0.0609. The van der Waals surface area contributed by atoms with Crippen LogP contribution in [0.1, 0.15) is 30.2 Å². The summed E-state index contributed by atoms with van der Waals surface area (Å²) in [6.07, 6.45) is 2.31. The summed E-state index contributed by atoms with van der Waals surface area (Å²) < 4.78 is 1.52. The topological polar surface area (TPSA) is 50.5 Å². The van der Waals surface area contributed by atoms with Gasteiger partial charge in [0.1, 0.15) is 4.83 Å². The van der Waals surface area contributed by atoms with Crippen LogP contribution in [0.15, 0.2) is 29.1 Å². The fraction of sp³-hybridized carbons (Fsp3) is 0.381. The van der Waals surface area contributed by atoms with Crippen molar-refractivity contribution in [1.29, 1.82) is 0 Å². The molecular formula is C21H22N4OS. The molecule has 5 rings (SSSR count). The number of fused-ring (bicyclic) bond motifs is 4. The zero-order valence-corrected chi connectivity index (χ0v) is 16.6. The molecule has 4 heterocycles. The Morgan fingerprint density at radius 3 is 2.56 bits per heavy atom. The smallest absolute Gasteiger partial charge is 0.283 e. The van der Waals surface area contributed by atoms with E-state index in [0.717, 1.165) is 63.7 Å². The SMILES string of the molecule is Cc1sc2nc3c4ccccc4c(N4CCC(C)CC4)nn3c(=O)c2c1C. The maximum Gasteiger partial charge on any atom is 0.283 e. The Morgan fingerprint density at radius 2 is 1.81 bits per heavy atom. The molecule has 5 nitrogen and oxygen atoms in total. The van der Waals surface area contributed by atoms with Gasteiger partial charge in [-0.2, -0.15) is 4.52 Å². The second kappa shape index (κ2) is 6.02. The second-order valence-electron chi connectivity index (χ2n) is 7.65. The van der Waals surface area contributed by atoms with Crippen LogP contribution in [0.3, 0.4) is 0 Å². The van der Waals surface area contributed by atoms with E-state index >= 15 is 0 Å². The van der Waals surface area contributed by atoms with E-state index in [-0.39, 0.29) is 5.56 Å². The third kappa shape index (κ3) is 2.46. The molecule has 1 fully saturated rings. The fourth-order valence-corrected chi connectivity index (χ4v) is 5.05. The first-order valence-electron chi connectivity index (χ1n) is 9.51. The third-order valence-electron chi connectivity index (χ3n) is 5.87. The average molecular weight is 379 g/mol. The van der Waals surface area contributed by atoms with Gasteiger partial charge in [-0.25, -0.2) is 4.98 Å². The zero-order chi connectivity index (χ0) is 18.7. The molecule has 4 aromatic rings. The molecule has 0 amide bonds. The lowest BCUT2D eigenvalue weighted by atomic mass is 9.99. The number of hydrogen-bond acceptors (Lipinski definition) is 5. The van der Waals surface area contributed by atoms with Crippen LogP contribution < -0.4 is 10.5 Å². The van der Waals surface area contributed by atoms with E-state index in [1.54, 1.807) is 11.3 Å². The van der Waals surface area contributed by atoms with Gasteiger partial charge in [0.05, 0.1) is 5.39 Å². The normalized spacial score (nSPS) is 16.0. The van der Waals surface area contributed by atoms with Gasteiger partial charge in [-0.1, -0.05) is 31.2 Å². The Balaban J connectivity index is 1.87. The first-order chi connectivity index (χ1) is 13.0. The Labute approximate surface area is 161 Å². The quantitative estimate of drug-likeness (QED) is 0.463. The number of rotatable bonds is 1. The standard InChI is InChI=1S/C21H22N4OS/c1-12-8-10-24(11-9-12)19-16-7-5-4-6-15(16)18-22-20-17(13(2)14(3)27-20)21(26)25(18)23-19/h4-7,12H,8-11H2,1-3H3. The Hall–Kier alpha value is -2.47. The molecule has 0 N–H and O–H groups in total. The van der Waals surface area contributed by atoms with Crippen molar-refractivity contribution in [1.82, 2.24) is 14.6 Å². The summed E-state index contributed by atoms with van der Waals surface area (Å²) in [5, 5.41) is 7.59. The van der Waals surface area contributed by atoms with E-state index in [0.29, 0.717) is 11.0 Å². The van der Waals surface area contributed by atoms with Crippen LogP contribution in [-0.2, 0) is 0 Å². The predicted molar refractivity (Wildman–Crippen MR) is 112 cm³/mol. The molecule has 27 heavy (non-hydrogen) atoms. The summed E-state index contributed by atoms with van der Waals surface area (Å²) in [4.78, 5) is 22.4. The summed E-state index contributed by atoms with van der Waals surface area (Å²) in [5.41, 5.74) is 1.61. The van der Waals surface area contributed by atoms with Crippen molar-refractivity contribution < 1.29 is 0 Å². The predicted octanol–water partition coefficient (Wildman–Crippen LogP) is 4.31. The van der Waals surface area contributed by atoms with Crippen molar-refractivity contribution in [2.75, 3.05) is 18.0 Å². The van der Waals surface area contributed by atoms with E-state index < -0.39 is 0 Å². The number of thiophene rings is 1. The van der Waals surface area contributed by atoms with Gasteiger partial charge < -0.3 is 4.90 Å². The summed E-state index contributed by atoms with van der Waals surface area (Å²) in [6.45, 7) is 8.30. The molecule has 3 aromatic heterocycles. The maximum atomic E-state index is 13.3. The lowest BCUT2D eigenvalue weighted by molar-refractivity contribution is 0.436. The van der Waals surface area contributed by atoms with Crippen molar-refractivity contribution >= 4 is 43.8 Å². The van der Waals surface area contributed by atoms with Gasteiger partial charge in [-0.3, -0.25) is 4.79 Å². The van der Waals surface area contributed by atoms with E-state index in [4.69, 9.17) is 10.1 Å². The summed E-state index contributed by atoms with van der Waals surface area (Å²) >= 11 is 1.59. The fourth-order valence-electron chi connectivity index (χ4n) is 4.03. The highest BCUT2D eigenvalue weighted by atomic mass is 32.1. The van der Waals surface area contributed by atoms with Crippen LogP contribution in [0.25, 0.3) is 26.6 Å². The molecule has 0 radical (unpaired) electrons. The second-order valence-corrected chi connectivity index (χ2v) is 8.86. The summed E-state index contributed by atoms with van der Waals surface area (Å²) in [5.74, 6) is 1.64. The first-order valence-corrected chi connectivity index (χ1v) is 10.3. The highest BCUT2D eigenvalue weighted by molar-refractivity contribution is 7.18. The minimum absolute atomic E-state index is 0.0609. The first kappa shape index (κ1) is 16.7. The van der Waals surface area contributed by atoms with Gasteiger partial charge in [0.15, 0.2) is 11.5 Å². The van der Waals surface area contributed by atoms with Crippen molar-refractivity contribution in [3.05, 3.63) is 45.1 Å². The van der Waals surface area contributed by atoms with Crippen LogP contribution in [0.2, 0.25) is 0 Å². The molecule has 6 heteroatoms. The van der Waals surface area contributed by atoms with Crippen molar-refractivity contribution in [3.63, 3.8) is 0 Å². The molecule has 0 spiro atoms. The van der Waals surface area contributed by atoms with Crippen molar-refractivity contribution in [2.45, 2.75) is 33.6 Å². The van der Waals surface area contributed by atoms with Gasteiger partial charge in [0.25, 0.3) is 5.56 Å². The zero-order valence-electron chi connectivity index (χ0n) is 15.8. The molecule has 1 aliphatic rings. The van der Waals surface area contributed by atoms with Crippen LogP contribution in [0, 0.1) is 19.8 Å². The van der Waals surface area contributed by atoms with Crippen LogP contribution in [-0.4, -0.2) is 27.7 Å². The summed E-state index contributed by atoms with van der Waals surface area (Å²) in [6, 6.07) is 8.18. The molecule has 0 aliphatic carbocycles. The molecular weight excluding hydrogens is 356 g/mol. The van der Waals surface area contributed by atoms with E-state index in [2.05, 4.69) is 17.9 Å². The molecule has 1 saturated heterocycles. The Kier molecular flexibility index (Phi) is 3.72. The largest absolute Gasteiger partial charge is 0.355 e. The number of piperidine rings is 1. The van der Waals surface area contributed by atoms with Gasteiger partial charge in [0.2, 0.25) is 0 Å². The number of aromatic nitrogens is 3. The highest BCUT2D eigenvalue weighted by Gasteiger charge is 2.22. The minimum Gasteiger partial charge on any atom is -0.355 e. The molecule has 1 aliphatic heterocycles. The molecule has 0 saturated carbocycles. The van der Waals surface area contributed by atoms with Gasteiger partial charge >= 0.3 is 0 Å². The lowest BCUT2D eigenvalue weighted by Gasteiger charge is -2.31. The molecule has 138 valence electrons. The lowest BCUT2D eigenvalue weighted by Crippen LogP contribution is -2.34. The van der Waals surface area contributed by atoms with E-state index in [1.165, 1.54) is 4.52 Å².